The Morgan fingerprint density at radius 2 is 1.95 bits per heavy atom. The van der Waals surface area contributed by atoms with Gasteiger partial charge in [0.15, 0.2) is 0 Å². The molecule has 1 fully saturated rings. The van der Waals surface area contributed by atoms with E-state index in [0.717, 1.165) is 37.2 Å². The molecule has 1 aromatic carbocycles. The number of benzene rings is 1. The number of hydrogen-bond acceptors (Lipinski definition) is 3. The van der Waals surface area contributed by atoms with Crippen LogP contribution in [0.25, 0.3) is 11.3 Å². The van der Waals surface area contributed by atoms with Gasteiger partial charge in [0.2, 0.25) is 0 Å². The summed E-state index contributed by atoms with van der Waals surface area (Å²) in [4.78, 5) is 14.6. The van der Waals surface area contributed by atoms with Gasteiger partial charge in [-0.1, -0.05) is 30.3 Å². The monoisotopic (exact) mass is 320 g/mol. The third kappa shape index (κ3) is 3.31. The third-order valence-corrected chi connectivity index (χ3v) is 4.17. The van der Waals surface area contributed by atoms with Crippen molar-refractivity contribution < 1.29 is 4.79 Å². The minimum absolute atomic E-state index is 0. The molecule has 0 radical (unpaired) electrons. The lowest BCUT2D eigenvalue weighted by atomic mass is 9.96. The molecule has 22 heavy (non-hydrogen) atoms. The number of halogens is 1. The van der Waals surface area contributed by atoms with Gasteiger partial charge >= 0.3 is 0 Å². The van der Waals surface area contributed by atoms with Crippen LogP contribution >= 0.6 is 12.4 Å². The van der Waals surface area contributed by atoms with Crippen molar-refractivity contribution in [1.82, 2.24) is 15.1 Å². The first kappa shape index (κ1) is 16.5. The zero-order chi connectivity index (χ0) is 14.7. The highest BCUT2D eigenvalue weighted by molar-refractivity contribution is 5.99. The summed E-state index contributed by atoms with van der Waals surface area (Å²) in [5.74, 6) is 0.602. The second-order valence-corrected chi connectivity index (χ2v) is 5.50. The average Bonchev–Trinajstić information content (AvgIpc) is 3.04. The van der Waals surface area contributed by atoms with Crippen molar-refractivity contribution >= 4 is 18.3 Å². The van der Waals surface area contributed by atoms with E-state index in [1.54, 1.807) is 6.20 Å². The van der Waals surface area contributed by atoms with Crippen molar-refractivity contribution in [3.05, 3.63) is 42.1 Å². The molecule has 1 aromatic heterocycles. The Morgan fingerprint density at radius 1 is 1.27 bits per heavy atom. The number of nitrogens with two attached hydrogens (primary N) is 1. The number of hydrogen-bond donors (Lipinski definition) is 2. The minimum Gasteiger partial charge on any atom is -0.339 e. The molecule has 0 saturated carbocycles. The van der Waals surface area contributed by atoms with E-state index in [9.17, 15) is 4.79 Å². The van der Waals surface area contributed by atoms with Gasteiger partial charge in [-0.2, -0.15) is 5.10 Å². The van der Waals surface area contributed by atoms with E-state index in [4.69, 9.17) is 5.73 Å². The zero-order valence-corrected chi connectivity index (χ0v) is 13.2. The number of aromatic amines is 1. The predicted octanol–water partition coefficient (Wildman–Crippen LogP) is 2.31. The summed E-state index contributed by atoms with van der Waals surface area (Å²) >= 11 is 0. The number of rotatable bonds is 3. The summed E-state index contributed by atoms with van der Waals surface area (Å²) in [5, 5.41) is 7.00. The molecule has 118 valence electrons. The quantitative estimate of drug-likeness (QED) is 0.911. The highest BCUT2D eigenvalue weighted by atomic mass is 35.5. The van der Waals surface area contributed by atoms with Gasteiger partial charge in [0.25, 0.3) is 5.91 Å². The van der Waals surface area contributed by atoms with E-state index >= 15 is 0 Å². The lowest BCUT2D eigenvalue weighted by molar-refractivity contribution is 0.0694. The molecular weight excluding hydrogens is 300 g/mol. The molecule has 1 saturated heterocycles. The fourth-order valence-electron chi connectivity index (χ4n) is 2.82. The normalized spacial score (nSPS) is 15.4. The van der Waals surface area contributed by atoms with E-state index in [-0.39, 0.29) is 18.3 Å². The van der Waals surface area contributed by atoms with E-state index in [1.165, 1.54) is 0 Å². The average molecular weight is 321 g/mol. The Hall–Kier alpha value is -1.85. The number of amides is 1. The van der Waals surface area contributed by atoms with Crippen LogP contribution in [0.4, 0.5) is 0 Å². The lowest BCUT2D eigenvalue weighted by Gasteiger charge is -2.31. The molecule has 0 atom stereocenters. The largest absolute Gasteiger partial charge is 0.339 e. The summed E-state index contributed by atoms with van der Waals surface area (Å²) in [6.45, 7) is 2.27. The Labute approximate surface area is 136 Å². The van der Waals surface area contributed by atoms with E-state index < -0.39 is 0 Å². The van der Waals surface area contributed by atoms with E-state index in [2.05, 4.69) is 10.2 Å². The molecule has 3 rings (SSSR count). The van der Waals surface area contributed by atoms with Crippen LogP contribution in [0.2, 0.25) is 0 Å². The molecule has 3 N–H and O–H groups in total. The number of nitrogens with zero attached hydrogens (tertiary/aromatic N) is 2. The van der Waals surface area contributed by atoms with Crippen LogP contribution in [0.3, 0.4) is 0 Å². The van der Waals surface area contributed by atoms with Crippen molar-refractivity contribution in [1.29, 1.82) is 0 Å². The summed E-state index contributed by atoms with van der Waals surface area (Å²) in [5.41, 5.74) is 8.12. The third-order valence-electron chi connectivity index (χ3n) is 4.17. The summed E-state index contributed by atoms with van der Waals surface area (Å²) in [7, 11) is 0. The first-order valence-electron chi connectivity index (χ1n) is 7.37. The standard InChI is InChI=1S/C16H20N4O.ClH/c17-10-12-6-8-20(9-7-12)16(21)14-11-18-19-15(14)13-4-2-1-3-5-13;/h1-5,11-12H,6-10,17H2,(H,18,19);1H. The summed E-state index contributed by atoms with van der Waals surface area (Å²) < 4.78 is 0. The van der Waals surface area contributed by atoms with Crippen molar-refractivity contribution in [3.63, 3.8) is 0 Å². The highest BCUT2D eigenvalue weighted by Crippen LogP contribution is 2.24. The smallest absolute Gasteiger partial charge is 0.257 e. The molecule has 5 nitrogen and oxygen atoms in total. The van der Waals surface area contributed by atoms with Gasteiger partial charge in [-0.15, -0.1) is 12.4 Å². The van der Waals surface area contributed by atoms with Gasteiger partial charge in [0.1, 0.15) is 0 Å². The van der Waals surface area contributed by atoms with Crippen LogP contribution in [0.5, 0.6) is 0 Å². The summed E-state index contributed by atoms with van der Waals surface area (Å²) in [6, 6.07) is 9.82. The van der Waals surface area contributed by atoms with Crippen molar-refractivity contribution in [2.45, 2.75) is 12.8 Å². The number of carbonyl (C=O) groups is 1. The molecule has 0 aliphatic carbocycles. The fraction of sp³-hybridized carbons (Fsp3) is 0.375. The van der Waals surface area contributed by atoms with Gasteiger partial charge in [0, 0.05) is 18.7 Å². The molecular formula is C16H21ClN4O. The SMILES string of the molecule is Cl.NCC1CCN(C(=O)c2cn[nH]c2-c2ccccc2)CC1. The molecule has 0 unspecified atom stereocenters. The second-order valence-electron chi connectivity index (χ2n) is 5.50. The number of likely N-dealkylation sites (tertiary alicyclic amines) is 1. The van der Waals surface area contributed by atoms with E-state index in [0.29, 0.717) is 18.0 Å². The lowest BCUT2D eigenvalue weighted by Crippen LogP contribution is -2.40. The van der Waals surface area contributed by atoms with Crippen LogP contribution in [0.1, 0.15) is 23.2 Å². The Balaban J connectivity index is 0.00000176. The maximum atomic E-state index is 12.7. The van der Waals surface area contributed by atoms with Crippen LogP contribution in [-0.4, -0.2) is 40.6 Å². The fourth-order valence-corrected chi connectivity index (χ4v) is 2.82. The number of piperidine rings is 1. The second kappa shape index (κ2) is 7.42. The molecule has 1 aliphatic rings. The Bertz CT molecular complexity index is 606. The topological polar surface area (TPSA) is 75.0 Å². The van der Waals surface area contributed by atoms with Crippen molar-refractivity contribution in [2.75, 3.05) is 19.6 Å². The first-order chi connectivity index (χ1) is 10.3. The summed E-state index contributed by atoms with van der Waals surface area (Å²) in [6.07, 6.45) is 3.60. The van der Waals surface area contributed by atoms with Gasteiger partial charge in [-0.05, 0) is 25.3 Å². The Kier molecular flexibility index (Phi) is 5.57. The van der Waals surface area contributed by atoms with Crippen LogP contribution in [-0.2, 0) is 0 Å². The molecule has 6 heteroatoms. The maximum absolute atomic E-state index is 12.7. The molecule has 0 spiro atoms. The van der Waals surface area contributed by atoms with Gasteiger partial charge in [-0.25, -0.2) is 0 Å². The molecule has 0 bridgehead atoms. The van der Waals surface area contributed by atoms with E-state index in [1.807, 2.05) is 35.2 Å². The Morgan fingerprint density at radius 3 is 2.59 bits per heavy atom. The van der Waals surface area contributed by atoms with Gasteiger partial charge < -0.3 is 10.6 Å². The number of carbonyl (C=O) groups excluding carboxylic acids is 1. The predicted molar refractivity (Wildman–Crippen MR) is 89.0 cm³/mol. The highest BCUT2D eigenvalue weighted by Gasteiger charge is 2.25. The van der Waals surface area contributed by atoms with Crippen molar-refractivity contribution in [3.8, 4) is 11.3 Å². The molecule has 2 aromatic rings. The van der Waals surface area contributed by atoms with Crippen LogP contribution in [0.15, 0.2) is 36.5 Å². The van der Waals surface area contributed by atoms with Crippen LogP contribution < -0.4 is 5.73 Å². The van der Waals surface area contributed by atoms with Crippen molar-refractivity contribution in [2.24, 2.45) is 11.7 Å². The molecule has 1 aliphatic heterocycles. The number of aromatic nitrogens is 2. The minimum atomic E-state index is 0. The van der Waals surface area contributed by atoms with Gasteiger partial charge in [-0.3, -0.25) is 9.89 Å². The van der Waals surface area contributed by atoms with Gasteiger partial charge in [0.05, 0.1) is 17.5 Å². The number of nitrogens with one attached hydrogen (secondary N) is 1. The molecule has 2 heterocycles. The maximum Gasteiger partial charge on any atom is 0.257 e. The first-order valence-corrected chi connectivity index (χ1v) is 7.37. The van der Waals surface area contributed by atoms with Crippen LogP contribution in [0, 0.1) is 5.92 Å². The number of H-pyrrole nitrogens is 1. The zero-order valence-electron chi connectivity index (χ0n) is 12.4. The molecule has 1 amide bonds.